The van der Waals surface area contributed by atoms with E-state index < -0.39 is 11.7 Å². The van der Waals surface area contributed by atoms with Crippen LogP contribution in [0.1, 0.15) is 10.5 Å². The van der Waals surface area contributed by atoms with Crippen LogP contribution in [-0.2, 0) is 0 Å². The van der Waals surface area contributed by atoms with Gasteiger partial charge in [-0.05, 0) is 24.3 Å². The molecule has 0 fully saturated rings. The normalized spacial score (nSPS) is 9.81. The third kappa shape index (κ3) is 2.20. The van der Waals surface area contributed by atoms with E-state index in [9.17, 15) is 9.18 Å². The molecule has 1 N–H and O–H groups in total. The molecule has 16 heavy (non-hydrogen) atoms. The fourth-order valence-corrected chi connectivity index (χ4v) is 1.18. The Kier molecular flexibility index (Phi) is 2.86. The van der Waals surface area contributed by atoms with Gasteiger partial charge >= 0.3 is 0 Å². The molecule has 4 nitrogen and oxygen atoms in total. The van der Waals surface area contributed by atoms with Crippen molar-refractivity contribution in [1.29, 1.82) is 0 Å². The fraction of sp³-hybridized carbons (Fsp3) is 0. The Hall–Kier alpha value is -2.30. The Labute approximate surface area is 91.2 Å². The zero-order valence-corrected chi connectivity index (χ0v) is 8.22. The van der Waals surface area contributed by atoms with Gasteiger partial charge in [0.2, 0.25) is 0 Å². The largest absolute Gasteiger partial charge is 0.319 e. The van der Waals surface area contributed by atoms with Crippen LogP contribution in [0.5, 0.6) is 0 Å². The maximum atomic E-state index is 13.2. The highest BCUT2D eigenvalue weighted by Gasteiger charge is 2.12. The molecule has 0 bridgehead atoms. The minimum Gasteiger partial charge on any atom is -0.319 e. The molecule has 2 heterocycles. The smallest absolute Gasteiger partial charge is 0.277 e. The molecule has 0 aromatic carbocycles. The number of hydrogen-bond donors (Lipinski definition) is 1. The van der Waals surface area contributed by atoms with Gasteiger partial charge in [-0.2, -0.15) is 0 Å². The number of nitrogens with one attached hydrogen (secondary N) is 1. The number of carbonyl (C=O) groups excluding carboxylic acids is 1. The Morgan fingerprint density at radius 3 is 2.75 bits per heavy atom. The number of amides is 1. The Morgan fingerprint density at radius 2 is 2.06 bits per heavy atom. The van der Waals surface area contributed by atoms with Gasteiger partial charge in [0.05, 0.1) is 11.9 Å². The second-order valence-corrected chi connectivity index (χ2v) is 3.03. The van der Waals surface area contributed by atoms with Crippen molar-refractivity contribution < 1.29 is 9.18 Å². The lowest BCUT2D eigenvalue weighted by Gasteiger charge is -2.03. The van der Waals surface area contributed by atoms with Gasteiger partial charge < -0.3 is 5.32 Å². The molecule has 1 amide bonds. The van der Waals surface area contributed by atoms with Crippen molar-refractivity contribution in [3.05, 3.63) is 54.4 Å². The number of halogens is 1. The van der Waals surface area contributed by atoms with Crippen LogP contribution >= 0.6 is 0 Å². The number of aromatic nitrogens is 2. The van der Waals surface area contributed by atoms with Crippen LogP contribution in [0.15, 0.2) is 42.9 Å². The average molecular weight is 217 g/mol. The molecule has 0 saturated carbocycles. The molecule has 0 aliphatic heterocycles. The van der Waals surface area contributed by atoms with E-state index in [1.165, 1.54) is 24.5 Å². The molecule has 0 atom stereocenters. The zero-order chi connectivity index (χ0) is 11.4. The molecule has 0 saturated heterocycles. The summed E-state index contributed by atoms with van der Waals surface area (Å²) in [5.74, 6) is -1.24. The summed E-state index contributed by atoms with van der Waals surface area (Å²) in [5, 5.41) is 2.50. The van der Waals surface area contributed by atoms with Crippen LogP contribution in [0.25, 0.3) is 0 Å². The predicted octanol–water partition coefficient (Wildman–Crippen LogP) is 1.87. The van der Waals surface area contributed by atoms with E-state index in [-0.39, 0.29) is 5.69 Å². The van der Waals surface area contributed by atoms with E-state index in [4.69, 9.17) is 0 Å². The monoisotopic (exact) mass is 217 g/mol. The molecule has 2 rings (SSSR count). The van der Waals surface area contributed by atoms with Crippen molar-refractivity contribution in [2.45, 2.75) is 0 Å². The zero-order valence-electron chi connectivity index (χ0n) is 8.22. The highest BCUT2D eigenvalue weighted by Crippen LogP contribution is 2.08. The summed E-state index contributed by atoms with van der Waals surface area (Å²) in [5.41, 5.74) is 0.268. The topological polar surface area (TPSA) is 54.9 Å². The second kappa shape index (κ2) is 4.48. The summed E-state index contributed by atoms with van der Waals surface area (Å²) in [6, 6.07) is 5.94. The molecule has 2 aromatic rings. The fourth-order valence-electron chi connectivity index (χ4n) is 1.18. The minimum atomic E-state index is -0.649. The number of pyridine rings is 2. The highest BCUT2D eigenvalue weighted by atomic mass is 19.1. The van der Waals surface area contributed by atoms with Gasteiger partial charge in [0.25, 0.3) is 5.91 Å². The van der Waals surface area contributed by atoms with E-state index in [1.807, 2.05) is 0 Å². The lowest BCUT2D eigenvalue weighted by atomic mass is 10.3. The van der Waals surface area contributed by atoms with E-state index in [1.54, 1.807) is 18.3 Å². The number of hydrogen-bond acceptors (Lipinski definition) is 3. The van der Waals surface area contributed by atoms with Crippen LogP contribution in [0.4, 0.5) is 10.1 Å². The van der Waals surface area contributed by atoms with Gasteiger partial charge in [-0.15, -0.1) is 0 Å². The molecule has 0 aliphatic carbocycles. The molecule has 80 valence electrons. The van der Waals surface area contributed by atoms with Crippen molar-refractivity contribution in [2.24, 2.45) is 0 Å². The first-order chi connectivity index (χ1) is 7.77. The van der Waals surface area contributed by atoms with E-state index >= 15 is 0 Å². The molecule has 2 aromatic heterocycles. The van der Waals surface area contributed by atoms with E-state index in [0.717, 1.165) is 0 Å². The van der Waals surface area contributed by atoms with Crippen LogP contribution in [0.3, 0.4) is 0 Å². The predicted molar refractivity (Wildman–Crippen MR) is 56.4 cm³/mol. The van der Waals surface area contributed by atoms with Crippen molar-refractivity contribution in [3.8, 4) is 0 Å². The first-order valence-electron chi connectivity index (χ1n) is 4.59. The summed E-state index contributed by atoms with van der Waals surface area (Å²) in [4.78, 5) is 19.1. The SMILES string of the molecule is O=C(Nc1cccnc1)c1ncccc1F. The summed E-state index contributed by atoms with van der Waals surface area (Å²) in [6.45, 7) is 0. The van der Waals surface area contributed by atoms with Gasteiger partial charge in [-0.1, -0.05) is 0 Å². The summed E-state index contributed by atoms with van der Waals surface area (Å²) in [6.07, 6.45) is 4.41. The van der Waals surface area contributed by atoms with E-state index in [0.29, 0.717) is 5.69 Å². The molecule has 5 heteroatoms. The van der Waals surface area contributed by atoms with E-state index in [2.05, 4.69) is 15.3 Å². The van der Waals surface area contributed by atoms with Crippen LogP contribution in [0.2, 0.25) is 0 Å². The maximum absolute atomic E-state index is 13.2. The van der Waals surface area contributed by atoms with Crippen molar-refractivity contribution in [1.82, 2.24) is 9.97 Å². The lowest BCUT2D eigenvalue weighted by Crippen LogP contribution is -2.15. The maximum Gasteiger partial charge on any atom is 0.277 e. The number of nitrogens with zero attached hydrogens (tertiary/aromatic N) is 2. The average Bonchev–Trinajstić information content (AvgIpc) is 2.31. The third-order valence-electron chi connectivity index (χ3n) is 1.89. The third-order valence-corrected chi connectivity index (χ3v) is 1.89. The van der Waals surface area contributed by atoms with Gasteiger partial charge in [0, 0.05) is 12.4 Å². The number of carbonyl (C=O) groups is 1. The summed E-state index contributed by atoms with van der Waals surface area (Å²) in [7, 11) is 0. The van der Waals surface area contributed by atoms with Crippen molar-refractivity contribution in [2.75, 3.05) is 5.32 Å². The van der Waals surface area contributed by atoms with Gasteiger partial charge in [-0.3, -0.25) is 9.78 Å². The first-order valence-corrected chi connectivity index (χ1v) is 4.59. The highest BCUT2D eigenvalue weighted by molar-refractivity contribution is 6.02. The second-order valence-electron chi connectivity index (χ2n) is 3.03. The van der Waals surface area contributed by atoms with Crippen molar-refractivity contribution >= 4 is 11.6 Å². The van der Waals surface area contributed by atoms with Gasteiger partial charge in [0.15, 0.2) is 11.5 Å². The van der Waals surface area contributed by atoms with Crippen LogP contribution < -0.4 is 5.32 Å². The van der Waals surface area contributed by atoms with Crippen LogP contribution in [0, 0.1) is 5.82 Å². The van der Waals surface area contributed by atoms with Gasteiger partial charge in [-0.25, -0.2) is 9.37 Å². The molecule has 0 aliphatic rings. The van der Waals surface area contributed by atoms with Crippen LogP contribution in [-0.4, -0.2) is 15.9 Å². The number of anilines is 1. The molecular weight excluding hydrogens is 209 g/mol. The lowest BCUT2D eigenvalue weighted by molar-refractivity contribution is 0.101. The quantitative estimate of drug-likeness (QED) is 0.835. The molecule has 0 spiro atoms. The Morgan fingerprint density at radius 1 is 1.25 bits per heavy atom. The molecule has 0 unspecified atom stereocenters. The Balaban J connectivity index is 2.19. The molecular formula is C11H8FN3O. The first kappa shape index (κ1) is 10.2. The number of rotatable bonds is 2. The van der Waals surface area contributed by atoms with Crippen molar-refractivity contribution in [3.63, 3.8) is 0 Å². The standard InChI is InChI=1S/C11H8FN3O/c12-9-4-2-6-14-10(9)11(16)15-8-3-1-5-13-7-8/h1-7H,(H,15,16). The molecule has 0 radical (unpaired) electrons. The van der Waals surface area contributed by atoms with Gasteiger partial charge in [0.1, 0.15) is 0 Å². The Bertz CT molecular complexity index is 502. The summed E-state index contributed by atoms with van der Waals surface area (Å²) >= 11 is 0. The minimum absolute atomic E-state index is 0.230. The summed E-state index contributed by atoms with van der Waals surface area (Å²) < 4.78 is 13.2.